The van der Waals surface area contributed by atoms with E-state index in [0.29, 0.717) is 5.75 Å². The molecule has 0 aliphatic rings. The summed E-state index contributed by atoms with van der Waals surface area (Å²) in [5.41, 5.74) is 0. The summed E-state index contributed by atoms with van der Waals surface area (Å²) in [5, 5.41) is 17.9. The van der Waals surface area contributed by atoms with E-state index in [1.54, 1.807) is 37.3 Å². The molecule has 0 aliphatic heterocycles. The maximum atomic E-state index is 11.0. The molecule has 0 radical (unpaired) electrons. The summed E-state index contributed by atoms with van der Waals surface area (Å²) in [6.07, 6.45) is -1.28. The quantitative estimate of drug-likeness (QED) is 0.802. The summed E-state index contributed by atoms with van der Waals surface area (Å²) in [6.45, 7) is 1.44. The second kappa shape index (κ2) is 6.48. The average molecular weight is 253 g/mol. The SMILES string of the molecule is CCN(C(=O)O)C(COc1ccccc1)C(=O)O. The molecule has 0 bridgehead atoms. The van der Waals surface area contributed by atoms with Gasteiger partial charge in [-0.2, -0.15) is 0 Å². The molecule has 1 unspecified atom stereocenters. The van der Waals surface area contributed by atoms with E-state index in [-0.39, 0.29) is 13.2 Å². The summed E-state index contributed by atoms with van der Waals surface area (Å²) in [6, 6.07) is 7.44. The molecule has 0 fully saturated rings. The molecule has 1 aromatic carbocycles. The van der Waals surface area contributed by atoms with Gasteiger partial charge in [-0.25, -0.2) is 9.59 Å². The molecular weight excluding hydrogens is 238 g/mol. The second-order valence-corrected chi connectivity index (χ2v) is 3.55. The third-order valence-electron chi connectivity index (χ3n) is 2.40. The average Bonchev–Trinajstić information content (AvgIpc) is 2.34. The van der Waals surface area contributed by atoms with E-state index in [1.165, 1.54) is 0 Å². The van der Waals surface area contributed by atoms with Gasteiger partial charge in [0.25, 0.3) is 0 Å². The Morgan fingerprint density at radius 1 is 1.28 bits per heavy atom. The van der Waals surface area contributed by atoms with Crippen molar-refractivity contribution >= 4 is 12.1 Å². The maximum Gasteiger partial charge on any atom is 0.408 e. The van der Waals surface area contributed by atoms with Crippen LogP contribution in [0.1, 0.15) is 6.92 Å². The largest absolute Gasteiger partial charge is 0.491 e. The molecule has 0 spiro atoms. The van der Waals surface area contributed by atoms with Crippen molar-refractivity contribution < 1.29 is 24.5 Å². The minimum Gasteiger partial charge on any atom is -0.491 e. The van der Waals surface area contributed by atoms with Crippen LogP contribution in [0, 0.1) is 0 Å². The van der Waals surface area contributed by atoms with Gasteiger partial charge in [0, 0.05) is 6.54 Å². The van der Waals surface area contributed by atoms with E-state index < -0.39 is 18.1 Å². The number of carboxylic acid groups (broad SMARTS) is 2. The molecule has 0 saturated carbocycles. The first-order valence-corrected chi connectivity index (χ1v) is 5.46. The van der Waals surface area contributed by atoms with E-state index >= 15 is 0 Å². The topological polar surface area (TPSA) is 87.1 Å². The van der Waals surface area contributed by atoms with Crippen LogP contribution in [-0.2, 0) is 4.79 Å². The number of amides is 1. The number of hydrogen-bond donors (Lipinski definition) is 2. The molecule has 0 aromatic heterocycles. The van der Waals surface area contributed by atoms with Gasteiger partial charge < -0.3 is 14.9 Å². The first-order chi connectivity index (χ1) is 8.56. The summed E-state index contributed by atoms with van der Waals surface area (Å²) < 4.78 is 5.28. The fraction of sp³-hybridized carbons (Fsp3) is 0.333. The monoisotopic (exact) mass is 253 g/mol. The van der Waals surface area contributed by atoms with Crippen LogP contribution in [0.3, 0.4) is 0 Å². The molecule has 2 N–H and O–H groups in total. The van der Waals surface area contributed by atoms with Crippen molar-refractivity contribution in [2.75, 3.05) is 13.2 Å². The minimum absolute atomic E-state index is 0.0877. The van der Waals surface area contributed by atoms with E-state index in [1.807, 2.05) is 0 Å². The van der Waals surface area contributed by atoms with Gasteiger partial charge >= 0.3 is 12.1 Å². The number of rotatable bonds is 6. The summed E-state index contributed by atoms with van der Waals surface area (Å²) in [4.78, 5) is 22.8. The van der Waals surface area contributed by atoms with E-state index in [4.69, 9.17) is 14.9 Å². The third kappa shape index (κ3) is 3.65. The normalized spacial score (nSPS) is 11.6. The lowest BCUT2D eigenvalue weighted by atomic mass is 10.2. The summed E-state index contributed by atoms with van der Waals surface area (Å²) in [7, 11) is 0. The predicted octanol–water partition coefficient (Wildman–Crippen LogP) is 1.52. The highest BCUT2D eigenvalue weighted by Crippen LogP contribution is 2.10. The minimum atomic E-state index is -1.28. The highest BCUT2D eigenvalue weighted by atomic mass is 16.5. The van der Waals surface area contributed by atoms with Gasteiger partial charge in [-0.15, -0.1) is 0 Å². The van der Waals surface area contributed by atoms with Crippen molar-refractivity contribution in [1.82, 2.24) is 4.90 Å². The van der Waals surface area contributed by atoms with Crippen LogP contribution in [0.4, 0.5) is 4.79 Å². The fourth-order valence-electron chi connectivity index (χ4n) is 1.48. The molecule has 18 heavy (non-hydrogen) atoms. The lowest BCUT2D eigenvalue weighted by molar-refractivity contribution is -0.143. The zero-order valence-electron chi connectivity index (χ0n) is 9.94. The zero-order valence-corrected chi connectivity index (χ0v) is 9.94. The predicted molar refractivity (Wildman–Crippen MR) is 63.8 cm³/mol. The number of nitrogens with zero attached hydrogens (tertiary/aromatic N) is 1. The molecule has 98 valence electrons. The number of benzene rings is 1. The van der Waals surface area contributed by atoms with Crippen LogP contribution >= 0.6 is 0 Å². The van der Waals surface area contributed by atoms with Crippen molar-refractivity contribution in [1.29, 1.82) is 0 Å². The molecule has 1 rings (SSSR count). The van der Waals surface area contributed by atoms with Gasteiger partial charge in [-0.05, 0) is 19.1 Å². The zero-order chi connectivity index (χ0) is 13.5. The Kier molecular flexibility index (Phi) is 4.98. The van der Waals surface area contributed by atoms with Crippen molar-refractivity contribution in [3.05, 3.63) is 30.3 Å². The van der Waals surface area contributed by atoms with Crippen LogP contribution in [0.25, 0.3) is 0 Å². The number of para-hydroxylation sites is 1. The molecule has 0 saturated heterocycles. The van der Waals surface area contributed by atoms with Crippen LogP contribution < -0.4 is 4.74 Å². The smallest absolute Gasteiger partial charge is 0.408 e. The van der Waals surface area contributed by atoms with Crippen LogP contribution in [0.5, 0.6) is 5.75 Å². The molecule has 0 aliphatic carbocycles. The Balaban J connectivity index is 2.69. The van der Waals surface area contributed by atoms with E-state index in [2.05, 4.69) is 0 Å². The molecule has 6 heteroatoms. The number of ether oxygens (including phenoxy) is 1. The number of hydrogen-bond acceptors (Lipinski definition) is 3. The van der Waals surface area contributed by atoms with Gasteiger partial charge in [0.2, 0.25) is 0 Å². The van der Waals surface area contributed by atoms with Crippen molar-refractivity contribution in [3.63, 3.8) is 0 Å². The van der Waals surface area contributed by atoms with Crippen LogP contribution in [0.15, 0.2) is 30.3 Å². The molecule has 6 nitrogen and oxygen atoms in total. The summed E-state index contributed by atoms with van der Waals surface area (Å²) in [5.74, 6) is -0.722. The Bertz CT molecular complexity index is 406. The van der Waals surface area contributed by atoms with E-state index in [9.17, 15) is 9.59 Å². The standard InChI is InChI=1S/C12H15NO5/c1-2-13(12(16)17)10(11(14)15)8-18-9-6-4-3-5-7-9/h3-7,10H,2,8H2,1H3,(H,14,15)(H,16,17). The van der Waals surface area contributed by atoms with Crippen molar-refractivity contribution in [3.8, 4) is 5.75 Å². The Morgan fingerprint density at radius 3 is 2.33 bits per heavy atom. The number of likely N-dealkylation sites (N-methyl/N-ethyl adjacent to an activating group) is 1. The Morgan fingerprint density at radius 2 is 1.89 bits per heavy atom. The Hall–Kier alpha value is -2.24. The van der Waals surface area contributed by atoms with Gasteiger partial charge in [-0.3, -0.25) is 4.90 Å². The first kappa shape index (κ1) is 13.8. The summed E-state index contributed by atoms with van der Waals surface area (Å²) >= 11 is 0. The van der Waals surface area contributed by atoms with Gasteiger partial charge in [0.05, 0.1) is 0 Å². The number of carbonyl (C=O) groups is 2. The van der Waals surface area contributed by atoms with Crippen molar-refractivity contribution in [2.45, 2.75) is 13.0 Å². The second-order valence-electron chi connectivity index (χ2n) is 3.55. The van der Waals surface area contributed by atoms with Gasteiger partial charge in [-0.1, -0.05) is 18.2 Å². The molecule has 1 atom stereocenters. The third-order valence-corrected chi connectivity index (χ3v) is 2.40. The van der Waals surface area contributed by atoms with Crippen molar-refractivity contribution in [2.24, 2.45) is 0 Å². The highest BCUT2D eigenvalue weighted by molar-refractivity contribution is 5.79. The molecule has 1 aromatic rings. The molecule has 0 heterocycles. The highest BCUT2D eigenvalue weighted by Gasteiger charge is 2.29. The Labute approximate surface area is 104 Å². The molecular formula is C12H15NO5. The van der Waals surface area contributed by atoms with Crippen LogP contribution in [-0.4, -0.2) is 46.4 Å². The first-order valence-electron chi connectivity index (χ1n) is 5.46. The fourth-order valence-corrected chi connectivity index (χ4v) is 1.48. The van der Waals surface area contributed by atoms with Gasteiger partial charge in [0.15, 0.2) is 6.04 Å². The lowest BCUT2D eigenvalue weighted by Gasteiger charge is -2.24. The van der Waals surface area contributed by atoms with Crippen LogP contribution in [0.2, 0.25) is 0 Å². The van der Waals surface area contributed by atoms with Gasteiger partial charge in [0.1, 0.15) is 12.4 Å². The lowest BCUT2D eigenvalue weighted by Crippen LogP contribution is -2.47. The maximum absolute atomic E-state index is 11.0. The molecule has 1 amide bonds. The van der Waals surface area contributed by atoms with E-state index in [0.717, 1.165) is 4.90 Å². The number of carboxylic acids is 1. The number of aliphatic carboxylic acids is 1.